The van der Waals surface area contributed by atoms with Crippen LogP contribution in [0.15, 0.2) is 103 Å². The van der Waals surface area contributed by atoms with Crippen LogP contribution in [0.25, 0.3) is 0 Å². The highest BCUT2D eigenvalue weighted by Crippen LogP contribution is 2.41. The molecule has 0 saturated heterocycles. The molecule has 1 nitrogen and oxygen atoms in total. The van der Waals surface area contributed by atoms with E-state index in [-0.39, 0.29) is 5.04 Å². The standard InChI is InChI=1S/C32H43NSi/c1-7-18-27(3)28(19-8-2)26-33(29-20-12-9-13-21-29)34(32(4,5)6,30-22-14-10-15-23-30)31-24-16-11-17-25-31/h9-17,20-27H,7-8,18-19H2,1-6H3/b28-26+. The first-order valence-electron chi connectivity index (χ1n) is 13.0. The average Bonchev–Trinajstić information content (AvgIpc) is 2.84. The summed E-state index contributed by atoms with van der Waals surface area (Å²) < 4.78 is 2.73. The normalized spacial score (nSPS) is 13.5. The molecule has 0 aromatic heterocycles. The highest BCUT2D eigenvalue weighted by atomic mass is 28.3. The molecule has 3 aromatic carbocycles. The smallest absolute Gasteiger partial charge is 0.230 e. The van der Waals surface area contributed by atoms with Crippen molar-refractivity contribution in [2.24, 2.45) is 5.92 Å². The molecule has 0 spiro atoms. The van der Waals surface area contributed by atoms with Gasteiger partial charge in [-0.05, 0) is 52.5 Å². The van der Waals surface area contributed by atoms with Gasteiger partial charge in [-0.1, -0.05) is 139 Å². The third kappa shape index (κ3) is 5.39. The predicted octanol–water partition coefficient (Wildman–Crippen LogP) is 8.17. The number of nitrogens with zero attached hydrogens (tertiary/aromatic N) is 1. The van der Waals surface area contributed by atoms with E-state index in [1.165, 1.54) is 35.3 Å². The summed E-state index contributed by atoms with van der Waals surface area (Å²) in [4.78, 5) is 0. The molecule has 0 aliphatic carbocycles. The Labute approximate surface area is 209 Å². The van der Waals surface area contributed by atoms with Crippen molar-refractivity contribution in [1.29, 1.82) is 0 Å². The molecule has 0 amide bonds. The van der Waals surface area contributed by atoms with Gasteiger partial charge in [0, 0.05) is 5.69 Å². The second-order valence-corrected chi connectivity index (χ2v) is 15.1. The topological polar surface area (TPSA) is 3.24 Å². The summed E-state index contributed by atoms with van der Waals surface area (Å²) in [5.74, 6) is 0.578. The molecule has 1 atom stereocenters. The minimum absolute atomic E-state index is 0.0351. The highest BCUT2D eigenvalue weighted by Gasteiger charge is 2.53. The number of allylic oxidation sites excluding steroid dienone is 1. The van der Waals surface area contributed by atoms with E-state index in [0.717, 1.165) is 6.42 Å². The summed E-state index contributed by atoms with van der Waals surface area (Å²) in [5, 5.41) is 2.94. The fraction of sp³-hybridized carbons (Fsp3) is 0.375. The van der Waals surface area contributed by atoms with E-state index in [2.05, 4.69) is 143 Å². The maximum absolute atomic E-state index is 2.73. The van der Waals surface area contributed by atoms with Gasteiger partial charge in [-0.3, -0.25) is 0 Å². The van der Waals surface area contributed by atoms with Gasteiger partial charge in [-0.15, -0.1) is 0 Å². The summed E-state index contributed by atoms with van der Waals surface area (Å²) >= 11 is 0. The zero-order valence-corrected chi connectivity index (χ0v) is 23.1. The molecule has 0 saturated carbocycles. The van der Waals surface area contributed by atoms with Crippen LogP contribution in [0.2, 0.25) is 5.04 Å². The Hall–Kier alpha value is -2.58. The van der Waals surface area contributed by atoms with Crippen LogP contribution >= 0.6 is 0 Å². The summed E-state index contributed by atoms with van der Waals surface area (Å²) in [6, 6.07) is 33.7. The van der Waals surface area contributed by atoms with Crippen LogP contribution < -0.4 is 14.9 Å². The van der Waals surface area contributed by atoms with E-state index in [1.54, 1.807) is 5.57 Å². The first-order chi connectivity index (χ1) is 16.4. The van der Waals surface area contributed by atoms with E-state index in [4.69, 9.17) is 0 Å². The molecule has 0 fully saturated rings. The number of para-hydroxylation sites is 1. The molecular weight excluding hydrogens is 426 g/mol. The van der Waals surface area contributed by atoms with Crippen LogP contribution in [0.1, 0.15) is 67.2 Å². The molecule has 0 aliphatic rings. The second-order valence-electron chi connectivity index (χ2n) is 10.5. The Morgan fingerprint density at radius 3 is 1.65 bits per heavy atom. The summed E-state index contributed by atoms with van der Waals surface area (Å²) in [7, 11) is -2.52. The number of hydrogen-bond acceptors (Lipinski definition) is 1. The minimum atomic E-state index is -2.52. The Balaban J connectivity index is 2.43. The molecule has 3 aromatic rings. The first-order valence-corrected chi connectivity index (χ1v) is 15.0. The van der Waals surface area contributed by atoms with Crippen LogP contribution in [-0.4, -0.2) is 8.24 Å². The van der Waals surface area contributed by atoms with E-state index in [9.17, 15) is 0 Å². The summed E-state index contributed by atoms with van der Waals surface area (Å²) in [6.45, 7) is 14.4. The van der Waals surface area contributed by atoms with Crippen molar-refractivity contribution in [3.8, 4) is 0 Å². The molecule has 0 radical (unpaired) electrons. The van der Waals surface area contributed by atoms with Gasteiger partial charge in [0.25, 0.3) is 0 Å². The fourth-order valence-electron chi connectivity index (χ4n) is 5.50. The van der Waals surface area contributed by atoms with Crippen molar-refractivity contribution < 1.29 is 0 Å². The number of rotatable bonds is 10. The largest absolute Gasteiger partial charge is 0.366 e. The van der Waals surface area contributed by atoms with Crippen molar-refractivity contribution in [2.75, 3.05) is 4.57 Å². The zero-order valence-electron chi connectivity index (χ0n) is 22.1. The molecule has 0 heterocycles. The van der Waals surface area contributed by atoms with E-state index in [1.807, 2.05) is 0 Å². The van der Waals surface area contributed by atoms with Gasteiger partial charge >= 0.3 is 0 Å². The SMILES string of the molecule is CCC/C(=C\N(c1ccccc1)[Si](c1ccccc1)(c1ccccc1)C(C)(C)C)C(C)CCC. The van der Waals surface area contributed by atoms with E-state index in [0.29, 0.717) is 5.92 Å². The molecular formula is C32H43NSi. The Bertz CT molecular complexity index is 979. The lowest BCUT2D eigenvalue weighted by molar-refractivity contribution is 0.573. The fourth-order valence-corrected chi connectivity index (χ4v) is 11.1. The molecule has 1 unspecified atom stereocenters. The third-order valence-corrected chi connectivity index (χ3v) is 12.7. The molecule has 0 N–H and O–H groups in total. The lowest BCUT2D eigenvalue weighted by atomic mass is 9.94. The highest BCUT2D eigenvalue weighted by molar-refractivity contribution is 7.07. The van der Waals surface area contributed by atoms with Crippen molar-refractivity contribution in [3.05, 3.63) is 103 Å². The van der Waals surface area contributed by atoms with Crippen molar-refractivity contribution in [1.82, 2.24) is 0 Å². The Morgan fingerprint density at radius 2 is 1.24 bits per heavy atom. The van der Waals surface area contributed by atoms with Gasteiger partial charge in [-0.2, -0.15) is 0 Å². The summed E-state index contributed by atoms with van der Waals surface area (Å²) in [5.41, 5.74) is 2.86. The van der Waals surface area contributed by atoms with Crippen molar-refractivity contribution >= 4 is 24.3 Å². The van der Waals surface area contributed by atoms with Gasteiger partial charge in [0.15, 0.2) is 0 Å². The van der Waals surface area contributed by atoms with Crippen LogP contribution in [0.3, 0.4) is 0 Å². The maximum atomic E-state index is 2.73. The van der Waals surface area contributed by atoms with E-state index >= 15 is 0 Å². The lowest BCUT2D eigenvalue weighted by Gasteiger charge is -2.51. The van der Waals surface area contributed by atoms with Crippen LogP contribution in [0.4, 0.5) is 5.69 Å². The molecule has 3 rings (SSSR count). The number of anilines is 1. The predicted molar refractivity (Wildman–Crippen MR) is 154 cm³/mol. The quantitative estimate of drug-likeness (QED) is 0.271. The minimum Gasteiger partial charge on any atom is -0.366 e. The van der Waals surface area contributed by atoms with Crippen LogP contribution in [0.5, 0.6) is 0 Å². The molecule has 2 heteroatoms. The Kier molecular flexibility index (Phi) is 8.96. The van der Waals surface area contributed by atoms with Crippen LogP contribution in [0, 0.1) is 5.92 Å². The van der Waals surface area contributed by atoms with Gasteiger partial charge in [0.1, 0.15) is 0 Å². The lowest BCUT2D eigenvalue weighted by Crippen LogP contribution is -2.74. The molecule has 0 bridgehead atoms. The van der Waals surface area contributed by atoms with Gasteiger partial charge in [0.05, 0.1) is 0 Å². The number of hydrogen-bond donors (Lipinski definition) is 0. The van der Waals surface area contributed by atoms with E-state index < -0.39 is 8.24 Å². The average molecular weight is 470 g/mol. The van der Waals surface area contributed by atoms with Crippen molar-refractivity contribution in [3.63, 3.8) is 0 Å². The first kappa shape index (κ1) is 26.0. The van der Waals surface area contributed by atoms with Crippen LogP contribution in [-0.2, 0) is 0 Å². The second kappa shape index (κ2) is 11.7. The monoisotopic (exact) mass is 469 g/mol. The molecule has 180 valence electrons. The summed E-state index contributed by atoms with van der Waals surface area (Å²) in [6.07, 6.45) is 7.32. The maximum Gasteiger partial charge on any atom is 0.230 e. The molecule has 34 heavy (non-hydrogen) atoms. The third-order valence-electron chi connectivity index (χ3n) is 7.05. The number of benzene rings is 3. The van der Waals surface area contributed by atoms with Crippen molar-refractivity contribution in [2.45, 2.75) is 72.3 Å². The Morgan fingerprint density at radius 1 is 0.765 bits per heavy atom. The van der Waals surface area contributed by atoms with Gasteiger partial charge in [0.2, 0.25) is 8.24 Å². The molecule has 0 aliphatic heterocycles. The van der Waals surface area contributed by atoms with Gasteiger partial charge in [-0.25, -0.2) is 0 Å². The van der Waals surface area contributed by atoms with Gasteiger partial charge < -0.3 is 4.57 Å². The zero-order chi connectivity index (χ0) is 24.6.